The monoisotopic (exact) mass is 343 g/mol. The first-order valence-electron chi connectivity index (χ1n) is 7.11. The minimum absolute atomic E-state index is 0.00150. The number of terminal acetylenes is 1. The molecule has 0 bridgehead atoms. The molecule has 0 spiro atoms. The highest BCUT2D eigenvalue weighted by Gasteiger charge is 2.17. The van der Waals surface area contributed by atoms with E-state index in [1.165, 1.54) is 23.1 Å². The number of hydrogen-bond acceptors (Lipinski definition) is 4. The molecule has 2 rings (SSSR count). The number of hydrogen-bond donors (Lipinski definition) is 1. The van der Waals surface area contributed by atoms with Gasteiger partial charge in [0, 0.05) is 31.5 Å². The number of pyridine rings is 1. The Kier molecular flexibility index (Phi) is 5.68. The molecule has 6 nitrogen and oxygen atoms in total. The quantitative estimate of drug-likeness (QED) is 0.801. The van der Waals surface area contributed by atoms with Crippen molar-refractivity contribution in [2.75, 3.05) is 13.6 Å². The lowest BCUT2D eigenvalue weighted by Crippen LogP contribution is -2.27. The molecule has 0 saturated heterocycles. The van der Waals surface area contributed by atoms with Gasteiger partial charge in [-0.25, -0.2) is 8.42 Å². The summed E-state index contributed by atoms with van der Waals surface area (Å²) < 4.78 is 26.4. The molecule has 0 aliphatic carbocycles. The second-order valence-corrected chi connectivity index (χ2v) is 6.85. The first-order valence-corrected chi connectivity index (χ1v) is 8.60. The zero-order chi connectivity index (χ0) is 17.6. The summed E-state index contributed by atoms with van der Waals surface area (Å²) in [5.41, 5.74) is 1.16. The summed E-state index contributed by atoms with van der Waals surface area (Å²) in [5, 5.41) is 0. The van der Waals surface area contributed by atoms with Gasteiger partial charge in [-0.05, 0) is 29.8 Å². The van der Waals surface area contributed by atoms with Crippen LogP contribution in [0.25, 0.3) is 0 Å². The van der Waals surface area contributed by atoms with Crippen LogP contribution in [0.5, 0.6) is 0 Å². The van der Waals surface area contributed by atoms with E-state index in [-0.39, 0.29) is 22.9 Å². The van der Waals surface area contributed by atoms with Gasteiger partial charge in [0.1, 0.15) is 0 Å². The van der Waals surface area contributed by atoms with Crippen molar-refractivity contribution in [2.45, 2.75) is 11.4 Å². The van der Waals surface area contributed by atoms with E-state index >= 15 is 0 Å². The maximum Gasteiger partial charge on any atom is 0.253 e. The van der Waals surface area contributed by atoms with Crippen molar-refractivity contribution in [1.82, 2.24) is 14.6 Å². The molecule has 0 aliphatic heterocycles. The lowest BCUT2D eigenvalue weighted by Gasteiger charge is -2.17. The molecule has 1 heterocycles. The molecule has 0 unspecified atom stereocenters. The van der Waals surface area contributed by atoms with Crippen LogP contribution in [0.15, 0.2) is 53.7 Å². The molecule has 1 aromatic carbocycles. The number of benzene rings is 1. The molecule has 124 valence electrons. The normalized spacial score (nSPS) is 10.8. The van der Waals surface area contributed by atoms with Crippen molar-refractivity contribution >= 4 is 15.9 Å². The molecule has 2 aromatic rings. The molecule has 1 aromatic heterocycles. The highest BCUT2D eigenvalue weighted by Crippen LogP contribution is 2.14. The topological polar surface area (TPSA) is 79.4 Å². The summed E-state index contributed by atoms with van der Waals surface area (Å²) in [4.78, 5) is 18.0. The number of nitrogens with zero attached hydrogens (tertiary/aromatic N) is 2. The molecule has 1 amide bonds. The van der Waals surface area contributed by atoms with Crippen LogP contribution in [0.2, 0.25) is 0 Å². The Morgan fingerprint density at radius 2 is 2.12 bits per heavy atom. The summed E-state index contributed by atoms with van der Waals surface area (Å²) in [6.45, 7) is 0.264. The van der Waals surface area contributed by atoms with E-state index in [0.29, 0.717) is 6.54 Å². The molecular weight excluding hydrogens is 326 g/mol. The van der Waals surface area contributed by atoms with Gasteiger partial charge < -0.3 is 4.90 Å². The van der Waals surface area contributed by atoms with Gasteiger partial charge in [-0.15, -0.1) is 6.42 Å². The maximum atomic E-state index is 12.5. The average Bonchev–Trinajstić information content (AvgIpc) is 2.60. The van der Waals surface area contributed by atoms with Gasteiger partial charge >= 0.3 is 0 Å². The summed E-state index contributed by atoms with van der Waals surface area (Å²) in [7, 11) is -2.09. The summed E-state index contributed by atoms with van der Waals surface area (Å²) in [6, 6.07) is 9.49. The number of nitrogens with one attached hydrogen (secondary N) is 1. The largest absolute Gasteiger partial charge is 0.337 e. The number of amides is 1. The van der Waals surface area contributed by atoms with Crippen LogP contribution in [-0.2, 0) is 16.6 Å². The predicted octanol–water partition coefficient (Wildman–Crippen LogP) is 1.27. The van der Waals surface area contributed by atoms with Crippen molar-refractivity contribution in [1.29, 1.82) is 0 Å². The Bertz CT molecular complexity index is 858. The van der Waals surface area contributed by atoms with E-state index in [4.69, 9.17) is 6.42 Å². The van der Waals surface area contributed by atoms with Gasteiger partial charge in [0.15, 0.2) is 0 Å². The first-order chi connectivity index (χ1) is 11.4. The summed E-state index contributed by atoms with van der Waals surface area (Å²) in [6.07, 6.45) is 8.39. The van der Waals surface area contributed by atoms with E-state index in [1.807, 2.05) is 6.07 Å². The summed E-state index contributed by atoms with van der Waals surface area (Å²) in [5.74, 6) is 1.92. The van der Waals surface area contributed by atoms with Crippen LogP contribution >= 0.6 is 0 Å². The molecular formula is C17H17N3O3S. The van der Waals surface area contributed by atoms with Crippen LogP contribution in [0.3, 0.4) is 0 Å². The van der Waals surface area contributed by atoms with Crippen LogP contribution in [-0.4, -0.2) is 37.8 Å². The fourth-order valence-corrected chi connectivity index (χ4v) is 3.05. The first kappa shape index (κ1) is 17.7. The maximum absolute atomic E-state index is 12.5. The van der Waals surface area contributed by atoms with Gasteiger partial charge in [-0.1, -0.05) is 18.1 Å². The Hall–Kier alpha value is -2.69. The lowest BCUT2D eigenvalue weighted by molar-refractivity contribution is 0.0784. The van der Waals surface area contributed by atoms with Crippen LogP contribution in [0.1, 0.15) is 15.9 Å². The lowest BCUT2D eigenvalue weighted by atomic mass is 10.2. The molecule has 0 radical (unpaired) electrons. The Morgan fingerprint density at radius 3 is 2.79 bits per heavy atom. The second kappa shape index (κ2) is 7.73. The fourth-order valence-electron chi connectivity index (χ4n) is 2.07. The molecule has 0 aliphatic rings. The van der Waals surface area contributed by atoms with Crippen molar-refractivity contribution in [3.63, 3.8) is 0 Å². The Labute approximate surface area is 141 Å². The van der Waals surface area contributed by atoms with E-state index < -0.39 is 10.0 Å². The minimum Gasteiger partial charge on any atom is -0.337 e. The predicted molar refractivity (Wildman–Crippen MR) is 90.5 cm³/mol. The van der Waals surface area contributed by atoms with Gasteiger partial charge in [0.05, 0.1) is 11.4 Å². The number of carbonyl (C=O) groups excluding carboxylic acids is 1. The smallest absolute Gasteiger partial charge is 0.253 e. The Morgan fingerprint density at radius 1 is 1.33 bits per heavy atom. The average molecular weight is 343 g/mol. The minimum atomic E-state index is -3.74. The van der Waals surface area contributed by atoms with Crippen molar-refractivity contribution in [3.8, 4) is 12.3 Å². The van der Waals surface area contributed by atoms with E-state index in [1.54, 1.807) is 31.6 Å². The van der Waals surface area contributed by atoms with Crippen LogP contribution < -0.4 is 4.72 Å². The number of rotatable bonds is 6. The molecule has 0 atom stereocenters. The van der Waals surface area contributed by atoms with Crippen molar-refractivity contribution in [2.24, 2.45) is 0 Å². The van der Waals surface area contributed by atoms with E-state index in [2.05, 4.69) is 15.6 Å². The SMILES string of the molecule is C#CCNS(=O)(=O)c1cccc(C(=O)N(C)Cc2cccnc2)c1. The highest BCUT2D eigenvalue weighted by atomic mass is 32.2. The van der Waals surface area contributed by atoms with Crippen LogP contribution in [0, 0.1) is 12.3 Å². The van der Waals surface area contributed by atoms with Gasteiger partial charge in [-0.2, -0.15) is 4.72 Å². The standard InChI is InChI=1S/C17H17N3O3S/c1-3-9-19-24(22,23)16-8-4-7-15(11-16)17(21)20(2)13-14-6-5-10-18-12-14/h1,4-8,10-12,19H,9,13H2,2H3. The van der Waals surface area contributed by atoms with E-state index in [0.717, 1.165) is 5.56 Å². The third-order valence-electron chi connectivity index (χ3n) is 3.24. The number of carbonyl (C=O) groups is 1. The molecule has 7 heteroatoms. The zero-order valence-corrected chi connectivity index (χ0v) is 14.0. The molecule has 0 fully saturated rings. The van der Waals surface area contributed by atoms with E-state index in [9.17, 15) is 13.2 Å². The second-order valence-electron chi connectivity index (χ2n) is 5.08. The zero-order valence-electron chi connectivity index (χ0n) is 13.1. The third-order valence-corrected chi connectivity index (χ3v) is 4.64. The highest BCUT2D eigenvalue weighted by molar-refractivity contribution is 7.89. The molecule has 0 saturated carbocycles. The Balaban J connectivity index is 2.18. The fraction of sp³-hybridized carbons (Fsp3) is 0.176. The third kappa shape index (κ3) is 4.41. The van der Waals surface area contributed by atoms with Gasteiger partial charge in [0.2, 0.25) is 10.0 Å². The van der Waals surface area contributed by atoms with Gasteiger partial charge in [-0.3, -0.25) is 9.78 Å². The number of aromatic nitrogens is 1. The molecule has 1 N–H and O–H groups in total. The van der Waals surface area contributed by atoms with Crippen molar-refractivity contribution in [3.05, 3.63) is 59.9 Å². The summed E-state index contributed by atoms with van der Waals surface area (Å²) >= 11 is 0. The number of sulfonamides is 1. The van der Waals surface area contributed by atoms with Crippen molar-refractivity contribution < 1.29 is 13.2 Å². The van der Waals surface area contributed by atoms with Gasteiger partial charge in [0.25, 0.3) is 5.91 Å². The van der Waals surface area contributed by atoms with Crippen LogP contribution in [0.4, 0.5) is 0 Å². The molecule has 24 heavy (non-hydrogen) atoms.